The quantitative estimate of drug-likeness (QED) is 0.427. The van der Waals surface area contributed by atoms with Crippen molar-refractivity contribution in [1.29, 1.82) is 0 Å². The van der Waals surface area contributed by atoms with E-state index in [1.54, 1.807) is 13.1 Å². The lowest BCUT2D eigenvalue weighted by Gasteiger charge is -2.30. The van der Waals surface area contributed by atoms with Crippen LogP contribution in [-0.2, 0) is 24.0 Å². The third-order valence-corrected chi connectivity index (χ3v) is 8.51. The summed E-state index contributed by atoms with van der Waals surface area (Å²) in [5, 5.41) is 7.13. The lowest BCUT2D eigenvalue weighted by atomic mass is 9.81. The van der Waals surface area contributed by atoms with E-state index < -0.39 is 22.5 Å². The van der Waals surface area contributed by atoms with Gasteiger partial charge in [-0.05, 0) is 68.2 Å². The summed E-state index contributed by atoms with van der Waals surface area (Å²) in [4.78, 5) is 8.82. The van der Waals surface area contributed by atoms with E-state index in [4.69, 9.17) is 0 Å². The molecule has 1 N–H and O–H groups in total. The van der Waals surface area contributed by atoms with Gasteiger partial charge in [0.05, 0.1) is 22.7 Å². The van der Waals surface area contributed by atoms with Crippen LogP contribution in [0.5, 0.6) is 0 Å². The second kappa shape index (κ2) is 10.1. The minimum Gasteiger partial charge on any atom is -0.324 e. The molecule has 0 bridgehead atoms. The fraction of sp³-hybridized carbons (Fsp3) is 0.480. The molecule has 1 aliphatic carbocycles. The highest BCUT2D eigenvalue weighted by atomic mass is 32.2. The lowest BCUT2D eigenvalue weighted by Crippen LogP contribution is -2.25. The van der Waals surface area contributed by atoms with E-state index in [2.05, 4.69) is 34.2 Å². The molecule has 0 saturated heterocycles. The molecule has 4 rings (SSSR count). The number of hydrogen-bond acceptors (Lipinski definition) is 5. The summed E-state index contributed by atoms with van der Waals surface area (Å²) >= 11 is 0. The Balaban J connectivity index is 1.53. The van der Waals surface area contributed by atoms with Gasteiger partial charge in [-0.1, -0.05) is 13.8 Å². The fourth-order valence-corrected chi connectivity index (χ4v) is 6.18. The molecular weight excluding hydrogens is 475 g/mol. The first-order valence-corrected chi connectivity index (χ1v) is 13.0. The summed E-state index contributed by atoms with van der Waals surface area (Å²) in [5.41, 5.74) is 0.547. The summed E-state index contributed by atoms with van der Waals surface area (Å²) in [6.45, 7) is 6.36. The van der Waals surface area contributed by atoms with Crippen LogP contribution >= 0.6 is 0 Å². The molecule has 3 aromatic rings. The second-order valence-electron chi connectivity index (χ2n) is 9.54. The zero-order valence-corrected chi connectivity index (χ0v) is 21.1. The van der Waals surface area contributed by atoms with Crippen LogP contribution in [0.25, 0.3) is 11.3 Å². The maximum atomic E-state index is 13.5. The van der Waals surface area contributed by atoms with Crippen molar-refractivity contribution < 1.29 is 17.4 Å². The Morgan fingerprint density at radius 3 is 2.43 bits per heavy atom. The van der Waals surface area contributed by atoms with Crippen LogP contribution < -0.4 is 5.32 Å². The largest absolute Gasteiger partial charge is 0.419 e. The van der Waals surface area contributed by atoms with Gasteiger partial charge in [-0.2, -0.15) is 18.3 Å². The Bertz CT molecular complexity index is 1220. The van der Waals surface area contributed by atoms with Gasteiger partial charge in [0.2, 0.25) is 5.95 Å². The van der Waals surface area contributed by atoms with Crippen LogP contribution in [0.15, 0.2) is 41.7 Å². The number of nitrogens with zero attached hydrogens (tertiary/aromatic N) is 4. The minimum absolute atomic E-state index is 0.0424. The fourth-order valence-electron chi connectivity index (χ4n) is 4.60. The van der Waals surface area contributed by atoms with Crippen LogP contribution in [0, 0.1) is 18.8 Å². The zero-order chi connectivity index (χ0) is 25.3. The highest BCUT2D eigenvalue weighted by Crippen LogP contribution is 2.37. The standard InChI is InChI=1S/C25H30F3N5OS/c1-15(2)17-5-7-19(8-6-17)35(34)20-9-10-22(16(3)11-20)31-24-29-13-21(25(26,27)28)23(32-24)18-12-30-33(4)14-18/h9-15,17,19H,5-8H2,1-4H3,(H,29,31,32)/t17?,19?,35-/m0/s1. The van der Waals surface area contributed by atoms with Gasteiger partial charge < -0.3 is 5.32 Å². The molecule has 35 heavy (non-hydrogen) atoms. The van der Waals surface area contributed by atoms with Crippen LogP contribution in [0.2, 0.25) is 0 Å². The molecule has 188 valence electrons. The third-order valence-electron chi connectivity index (χ3n) is 6.71. The first-order chi connectivity index (χ1) is 16.5. The summed E-state index contributed by atoms with van der Waals surface area (Å²) in [6, 6.07) is 5.47. The van der Waals surface area contributed by atoms with E-state index in [9.17, 15) is 17.4 Å². The monoisotopic (exact) mass is 505 g/mol. The van der Waals surface area contributed by atoms with Crippen molar-refractivity contribution in [3.63, 3.8) is 0 Å². The van der Waals surface area contributed by atoms with E-state index in [1.165, 1.54) is 17.1 Å². The number of anilines is 2. The number of aryl methyl sites for hydroxylation is 2. The molecular formula is C25H30F3N5OS. The molecule has 1 aliphatic rings. The van der Waals surface area contributed by atoms with Crippen molar-refractivity contribution in [2.24, 2.45) is 18.9 Å². The Kier molecular flexibility index (Phi) is 7.30. The first kappa shape index (κ1) is 25.3. The highest BCUT2D eigenvalue weighted by molar-refractivity contribution is 7.85. The molecule has 0 spiro atoms. The zero-order valence-electron chi connectivity index (χ0n) is 20.3. The topological polar surface area (TPSA) is 72.7 Å². The molecule has 2 aromatic heterocycles. The molecule has 0 amide bonds. The number of rotatable bonds is 6. The van der Waals surface area contributed by atoms with Crippen molar-refractivity contribution in [1.82, 2.24) is 19.7 Å². The van der Waals surface area contributed by atoms with Gasteiger partial charge in [-0.3, -0.25) is 8.89 Å². The molecule has 0 aliphatic heterocycles. The number of halogens is 3. The molecule has 1 fully saturated rings. The summed E-state index contributed by atoms with van der Waals surface area (Å²) in [5.74, 6) is 1.40. The first-order valence-electron chi connectivity index (χ1n) is 11.7. The predicted molar refractivity (Wildman–Crippen MR) is 131 cm³/mol. The maximum absolute atomic E-state index is 13.5. The van der Waals surface area contributed by atoms with Crippen molar-refractivity contribution in [2.45, 2.75) is 62.8 Å². The number of hydrogen-bond donors (Lipinski definition) is 1. The molecule has 1 atom stereocenters. The highest BCUT2D eigenvalue weighted by Gasteiger charge is 2.36. The summed E-state index contributed by atoms with van der Waals surface area (Å²) in [7, 11) is 0.531. The Labute approximate surface area is 205 Å². The van der Waals surface area contributed by atoms with Crippen LogP contribution in [0.3, 0.4) is 0 Å². The molecule has 2 heterocycles. The molecule has 1 saturated carbocycles. The maximum Gasteiger partial charge on any atom is 0.419 e. The van der Waals surface area contributed by atoms with Crippen LogP contribution in [-0.4, -0.2) is 29.2 Å². The predicted octanol–water partition coefficient (Wildman–Crippen LogP) is 6.27. The van der Waals surface area contributed by atoms with Gasteiger partial charge in [0, 0.05) is 40.8 Å². The summed E-state index contributed by atoms with van der Waals surface area (Å²) in [6.07, 6.45) is 3.14. The smallest absolute Gasteiger partial charge is 0.324 e. The molecule has 1 aromatic carbocycles. The number of benzene rings is 1. The van der Waals surface area contributed by atoms with Crippen molar-refractivity contribution >= 4 is 22.4 Å². The molecule has 10 heteroatoms. The number of nitrogens with one attached hydrogen (secondary N) is 1. The van der Waals surface area contributed by atoms with Gasteiger partial charge in [0.25, 0.3) is 0 Å². The van der Waals surface area contributed by atoms with Crippen LogP contribution in [0.1, 0.15) is 50.7 Å². The van der Waals surface area contributed by atoms with E-state index in [0.29, 0.717) is 17.5 Å². The molecule has 0 unspecified atom stereocenters. The lowest BCUT2D eigenvalue weighted by molar-refractivity contribution is -0.137. The van der Waals surface area contributed by atoms with Crippen molar-refractivity contribution in [2.75, 3.05) is 5.32 Å². The Morgan fingerprint density at radius 2 is 1.86 bits per heavy atom. The minimum atomic E-state index is -4.60. The van der Waals surface area contributed by atoms with Gasteiger partial charge in [-0.15, -0.1) is 0 Å². The van der Waals surface area contributed by atoms with E-state index in [-0.39, 0.29) is 22.5 Å². The number of alkyl halides is 3. The van der Waals surface area contributed by atoms with E-state index >= 15 is 0 Å². The van der Waals surface area contributed by atoms with Gasteiger partial charge >= 0.3 is 6.18 Å². The van der Waals surface area contributed by atoms with E-state index in [0.717, 1.165) is 42.3 Å². The van der Waals surface area contributed by atoms with Gasteiger partial charge in [0.15, 0.2) is 0 Å². The number of aromatic nitrogens is 4. The second-order valence-corrected chi connectivity index (χ2v) is 11.3. The van der Waals surface area contributed by atoms with Gasteiger partial charge in [-0.25, -0.2) is 9.97 Å². The summed E-state index contributed by atoms with van der Waals surface area (Å²) < 4.78 is 55.2. The Morgan fingerprint density at radius 1 is 1.14 bits per heavy atom. The van der Waals surface area contributed by atoms with Crippen molar-refractivity contribution in [3.8, 4) is 11.3 Å². The normalized spacial score (nSPS) is 19.7. The third kappa shape index (κ3) is 5.74. The Hall–Kier alpha value is -2.75. The average Bonchev–Trinajstić information content (AvgIpc) is 3.25. The molecule has 0 radical (unpaired) electrons. The molecule has 6 nitrogen and oxygen atoms in total. The average molecular weight is 506 g/mol. The van der Waals surface area contributed by atoms with Crippen molar-refractivity contribution in [3.05, 3.63) is 47.9 Å². The van der Waals surface area contributed by atoms with Crippen LogP contribution in [0.4, 0.5) is 24.8 Å². The van der Waals surface area contributed by atoms with E-state index in [1.807, 2.05) is 19.1 Å². The van der Waals surface area contributed by atoms with Gasteiger partial charge in [0.1, 0.15) is 5.56 Å². The SMILES string of the molecule is Cc1cc([S@@](=O)C2CCC(C(C)C)CC2)ccc1Nc1ncc(C(F)(F)F)c(-c2cnn(C)c2)n1.